The molecule has 7 aromatic rings. The van der Waals surface area contributed by atoms with Crippen molar-refractivity contribution in [1.29, 1.82) is 0 Å². The fourth-order valence-corrected chi connectivity index (χ4v) is 11.8. The SMILES string of the molecule is CCc1cc2c([nH]1)N1CCNCC1C1(CCCCC1)c1ccc(c(N=C(N)N)c1)CC(CO)COc1c(OC)c(OCCC(O)C=Cc3ccccc3)c3c(=O)cc(-c4ccc(O)cc4)oc3c1CCc1cccc-2c1. The van der Waals surface area contributed by atoms with Gasteiger partial charge in [-0.1, -0.05) is 105 Å². The van der Waals surface area contributed by atoms with Gasteiger partial charge >= 0.3 is 0 Å². The third-order valence-electron chi connectivity index (χ3n) is 15.7. The summed E-state index contributed by atoms with van der Waals surface area (Å²) in [6.45, 7) is 4.46. The molecule has 0 radical (unpaired) electrons. The number of piperazine rings is 1. The van der Waals surface area contributed by atoms with Crippen LogP contribution < -0.4 is 41.3 Å². The second-order valence-electron chi connectivity index (χ2n) is 20.6. The van der Waals surface area contributed by atoms with E-state index in [0.29, 0.717) is 41.8 Å². The molecule has 1 aliphatic carbocycles. The molecule has 3 atom stereocenters. The molecule has 5 aromatic carbocycles. The number of hydrogen-bond donors (Lipinski definition) is 7. The summed E-state index contributed by atoms with van der Waals surface area (Å²) in [6, 6.07) is 35.2. The third kappa shape index (κ3) is 10.9. The van der Waals surface area contributed by atoms with Crippen molar-refractivity contribution in [1.82, 2.24) is 10.3 Å². The van der Waals surface area contributed by atoms with E-state index < -0.39 is 12.0 Å². The van der Waals surface area contributed by atoms with Crippen LogP contribution >= 0.6 is 0 Å². The first kappa shape index (κ1) is 51.9. The largest absolute Gasteiger partial charge is 0.508 e. The second kappa shape index (κ2) is 23.2. The smallest absolute Gasteiger partial charge is 0.204 e. The second-order valence-corrected chi connectivity index (χ2v) is 20.6. The van der Waals surface area contributed by atoms with Crippen molar-refractivity contribution in [2.75, 3.05) is 51.5 Å². The maximum atomic E-state index is 14.7. The molecule has 3 aliphatic heterocycles. The quantitative estimate of drug-likeness (QED) is 0.0477. The van der Waals surface area contributed by atoms with Crippen LogP contribution in [0.5, 0.6) is 23.0 Å². The van der Waals surface area contributed by atoms with Crippen LogP contribution in [0.3, 0.4) is 0 Å². The molecule has 0 amide bonds. The molecule has 1 spiro atoms. The molecule has 2 fully saturated rings. The number of methoxy groups -OCH3 is 1. The molecular weight excluding hydrogens is 957 g/mol. The number of hydrogen-bond acceptors (Lipinski definition) is 11. The fraction of sp³-hybridized carbons (Fsp3) is 0.355. The number of nitrogens with one attached hydrogen (secondary N) is 2. The number of benzene rings is 5. The molecule has 14 nitrogen and oxygen atoms in total. The number of phenolic OH excluding ortho intramolecular Hbond substituents is 1. The van der Waals surface area contributed by atoms with E-state index in [4.69, 9.17) is 35.1 Å². The lowest BCUT2D eigenvalue weighted by Gasteiger charge is -2.51. The van der Waals surface area contributed by atoms with Gasteiger partial charge < -0.3 is 60.6 Å². The Bertz CT molecular complexity index is 3270. The van der Waals surface area contributed by atoms with Crippen LogP contribution in [0.1, 0.15) is 79.0 Å². The van der Waals surface area contributed by atoms with Crippen molar-refractivity contribution in [3.05, 3.63) is 159 Å². The number of fused-ring (bicyclic) bond motifs is 7. The summed E-state index contributed by atoms with van der Waals surface area (Å²) in [5.41, 5.74) is 21.3. The summed E-state index contributed by atoms with van der Waals surface area (Å²) < 4.78 is 26.6. The number of aromatic nitrogens is 1. The van der Waals surface area contributed by atoms with Crippen LogP contribution in [-0.4, -0.2) is 85.0 Å². The Labute approximate surface area is 444 Å². The zero-order valence-corrected chi connectivity index (χ0v) is 43.5. The molecule has 9 N–H and O–H groups in total. The van der Waals surface area contributed by atoms with E-state index >= 15 is 0 Å². The van der Waals surface area contributed by atoms with Crippen molar-refractivity contribution < 1.29 is 33.9 Å². The number of aliphatic hydroxyl groups is 2. The van der Waals surface area contributed by atoms with Gasteiger partial charge in [0.25, 0.3) is 0 Å². The topological polar surface area (TPSA) is 214 Å². The molecular formula is C62H70N6O8. The average Bonchev–Trinajstić information content (AvgIpc) is 3.92. The predicted molar refractivity (Wildman–Crippen MR) is 301 cm³/mol. The van der Waals surface area contributed by atoms with Gasteiger partial charge in [0.15, 0.2) is 22.9 Å². The minimum Gasteiger partial charge on any atom is -0.508 e. The van der Waals surface area contributed by atoms with Gasteiger partial charge in [-0.15, -0.1) is 0 Å². The highest BCUT2D eigenvalue weighted by Crippen LogP contribution is 2.50. The molecule has 2 aromatic heterocycles. The number of anilines is 1. The first-order chi connectivity index (χ1) is 37.0. The maximum Gasteiger partial charge on any atom is 0.204 e. The number of phenols is 1. The molecule has 11 rings (SSSR count). The molecule has 1 saturated heterocycles. The summed E-state index contributed by atoms with van der Waals surface area (Å²) in [5.74, 6) is 1.54. The van der Waals surface area contributed by atoms with Gasteiger partial charge in [0.2, 0.25) is 5.75 Å². The number of nitrogens with two attached hydrogens (primary N) is 2. The van der Waals surface area contributed by atoms with Crippen LogP contribution in [0.2, 0.25) is 0 Å². The summed E-state index contributed by atoms with van der Waals surface area (Å²) in [7, 11) is 1.51. The molecule has 76 heavy (non-hydrogen) atoms. The van der Waals surface area contributed by atoms with Gasteiger partial charge in [0.1, 0.15) is 28.3 Å². The number of aryl methyl sites for hydroxylation is 3. The van der Waals surface area contributed by atoms with Crippen LogP contribution in [0.25, 0.3) is 39.5 Å². The van der Waals surface area contributed by atoms with Crippen molar-refractivity contribution >= 4 is 34.5 Å². The summed E-state index contributed by atoms with van der Waals surface area (Å²) in [4.78, 5) is 26.0. The van der Waals surface area contributed by atoms with E-state index in [0.717, 1.165) is 91.1 Å². The first-order valence-electron chi connectivity index (χ1n) is 26.8. The normalized spacial score (nSPS) is 18.1. The molecule has 14 heteroatoms. The van der Waals surface area contributed by atoms with E-state index in [1.165, 1.54) is 25.2 Å². The lowest BCUT2D eigenvalue weighted by molar-refractivity contribution is 0.157. The zero-order chi connectivity index (χ0) is 52.8. The summed E-state index contributed by atoms with van der Waals surface area (Å²) >= 11 is 0. The summed E-state index contributed by atoms with van der Waals surface area (Å²) in [5, 5.41) is 36.5. The first-order valence-corrected chi connectivity index (χ1v) is 26.8. The van der Waals surface area contributed by atoms with Crippen LogP contribution in [0.4, 0.5) is 11.5 Å². The van der Waals surface area contributed by atoms with Crippen molar-refractivity contribution in [2.24, 2.45) is 22.4 Å². The highest BCUT2D eigenvalue weighted by atomic mass is 16.5. The van der Waals surface area contributed by atoms with Crippen LogP contribution in [0.15, 0.2) is 129 Å². The number of ether oxygens (including phenoxy) is 3. The number of nitrogens with zero attached hydrogens (tertiary/aromatic N) is 2. The minimum absolute atomic E-state index is 0.0101. The monoisotopic (exact) mass is 1030 g/mol. The highest BCUT2D eigenvalue weighted by molar-refractivity contribution is 5.93. The summed E-state index contributed by atoms with van der Waals surface area (Å²) in [6.07, 6.45) is 10.4. The Morgan fingerprint density at radius 1 is 0.947 bits per heavy atom. The molecule has 4 bridgehead atoms. The van der Waals surface area contributed by atoms with Gasteiger partial charge in [-0.05, 0) is 103 Å². The van der Waals surface area contributed by atoms with Crippen molar-refractivity contribution in [2.45, 2.75) is 88.7 Å². The zero-order valence-electron chi connectivity index (χ0n) is 43.5. The Morgan fingerprint density at radius 3 is 2.53 bits per heavy atom. The number of aliphatic hydroxyl groups excluding tert-OH is 2. The van der Waals surface area contributed by atoms with E-state index in [1.54, 1.807) is 30.3 Å². The number of aliphatic imine (C=N–C) groups is 1. The van der Waals surface area contributed by atoms with Gasteiger partial charge in [-0.3, -0.25) is 4.79 Å². The van der Waals surface area contributed by atoms with E-state index in [-0.39, 0.29) is 83.1 Å². The standard InChI is InChI=1S/C62H70N6O8/c1-3-46-34-50-43-14-10-13-40(31-43)16-24-49-56-55(52(72)35-53(76-56)42-18-22-47(70)23-19-42)58(74-30-25-48(71)21-15-39-11-6-4-7-12-39)59(73-2)57(49)75-38-41(37-69)32-44-17-20-45(33-51(44)67-61(63)64)62(26-8-5-9-27-62)54-36-65-28-29-68(54)60(50)66-46/h4,6-7,10-15,17-23,31,33-35,41,48,54,65-66,69-71H,3,5,8-9,16,24-30,32,36-38H2,1-2H3,(H4,63,64,67). The fourth-order valence-electron chi connectivity index (χ4n) is 11.8. The van der Waals surface area contributed by atoms with Gasteiger partial charge in [0.05, 0.1) is 38.2 Å². The maximum absolute atomic E-state index is 14.7. The molecule has 5 heterocycles. The Balaban J connectivity index is 1.14. The Hall–Kier alpha value is -7.52. The van der Waals surface area contributed by atoms with Crippen molar-refractivity contribution in [3.63, 3.8) is 0 Å². The van der Waals surface area contributed by atoms with Gasteiger partial charge in [-0.2, -0.15) is 0 Å². The minimum atomic E-state index is -0.861. The van der Waals surface area contributed by atoms with Gasteiger partial charge in [-0.25, -0.2) is 4.99 Å². The number of aromatic amines is 1. The number of aromatic hydroxyl groups is 1. The molecule has 3 unspecified atom stereocenters. The number of guanidine groups is 1. The van der Waals surface area contributed by atoms with E-state index in [2.05, 4.69) is 70.7 Å². The Kier molecular flexibility index (Phi) is 15.8. The highest BCUT2D eigenvalue weighted by Gasteiger charge is 2.46. The number of H-pyrrole nitrogens is 1. The number of rotatable bonds is 11. The Morgan fingerprint density at radius 2 is 1.76 bits per heavy atom. The van der Waals surface area contributed by atoms with E-state index in [9.17, 15) is 20.1 Å². The molecule has 4 aliphatic rings. The predicted octanol–water partition coefficient (Wildman–Crippen LogP) is 9.49. The lowest BCUT2D eigenvalue weighted by Crippen LogP contribution is -2.61. The molecule has 396 valence electrons. The van der Waals surface area contributed by atoms with Gasteiger partial charge in [0, 0.05) is 72.4 Å². The average molecular weight is 1030 g/mol. The third-order valence-corrected chi connectivity index (χ3v) is 15.7. The van der Waals surface area contributed by atoms with Crippen LogP contribution in [0, 0.1) is 5.92 Å². The lowest BCUT2D eigenvalue weighted by atomic mass is 9.63. The van der Waals surface area contributed by atoms with Crippen LogP contribution in [-0.2, 0) is 31.1 Å². The molecule has 1 saturated carbocycles. The van der Waals surface area contributed by atoms with Crippen molar-refractivity contribution in [3.8, 4) is 45.4 Å². The van der Waals surface area contributed by atoms with E-state index in [1.807, 2.05) is 36.4 Å².